The van der Waals surface area contributed by atoms with E-state index in [1.165, 1.54) is 5.56 Å². The van der Waals surface area contributed by atoms with Crippen LogP contribution in [0.5, 0.6) is 0 Å². The Hall–Kier alpha value is -1.95. The maximum absolute atomic E-state index is 12.5. The molecule has 5 nitrogen and oxygen atoms in total. The molecule has 24 heavy (non-hydrogen) atoms. The number of nitrogens with one attached hydrogen (secondary N) is 1. The van der Waals surface area contributed by atoms with Gasteiger partial charge in [-0.3, -0.25) is 0 Å². The molecular weight excluding hydrogens is 320 g/mol. The molecule has 1 aromatic heterocycles. The molecule has 0 unspecified atom stereocenters. The molecule has 1 fully saturated rings. The Morgan fingerprint density at radius 2 is 2.12 bits per heavy atom. The number of carbonyl (C=O) groups excluding carboxylic acids is 1. The molecule has 0 aliphatic carbocycles. The molecule has 0 saturated carbocycles. The Balaban J connectivity index is 1.59. The van der Waals surface area contributed by atoms with Crippen molar-refractivity contribution < 1.29 is 4.79 Å². The zero-order valence-corrected chi connectivity index (χ0v) is 15.0. The normalized spacial score (nSPS) is 20.8. The minimum atomic E-state index is 0.00362. The van der Waals surface area contributed by atoms with E-state index >= 15 is 0 Å². The van der Waals surface area contributed by atoms with Crippen LogP contribution in [0.25, 0.3) is 0 Å². The molecular formula is C18H24N4OS. The number of hydrogen-bond acceptors (Lipinski definition) is 3. The van der Waals surface area contributed by atoms with Crippen molar-refractivity contribution >= 4 is 17.8 Å². The second-order valence-electron chi connectivity index (χ2n) is 6.13. The van der Waals surface area contributed by atoms with E-state index in [1.807, 2.05) is 41.1 Å². The molecule has 1 N–H and O–H groups in total. The summed E-state index contributed by atoms with van der Waals surface area (Å²) < 4.78 is 2.08. The van der Waals surface area contributed by atoms with Crippen LogP contribution in [-0.2, 0) is 13.1 Å². The van der Waals surface area contributed by atoms with Gasteiger partial charge in [0.2, 0.25) is 0 Å². The fourth-order valence-electron chi connectivity index (χ4n) is 2.91. The number of thioether (sulfide) groups is 1. The number of imidazole rings is 1. The third-order valence-corrected chi connectivity index (χ3v) is 5.88. The smallest absolute Gasteiger partial charge is 0.318 e. The molecule has 0 bridgehead atoms. The van der Waals surface area contributed by atoms with Gasteiger partial charge >= 0.3 is 6.03 Å². The first-order valence-electron chi connectivity index (χ1n) is 8.35. The SMILES string of the molecule is C[C@@H]1[C@@H](C)SCCN1C(=O)NCc1nccn1Cc1ccccc1. The minimum Gasteiger partial charge on any atom is -0.331 e. The summed E-state index contributed by atoms with van der Waals surface area (Å²) in [6.07, 6.45) is 3.74. The van der Waals surface area contributed by atoms with Gasteiger partial charge in [0.1, 0.15) is 5.82 Å². The number of aromatic nitrogens is 2. The van der Waals surface area contributed by atoms with Crippen LogP contribution in [0.3, 0.4) is 0 Å². The third-order valence-electron chi connectivity index (χ3n) is 4.54. The first-order chi connectivity index (χ1) is 11.6. The number of amides is 2. The number of rotatable bonds is 4. The number of nitrogens with zero attached hydrogens (tertiary/aromatic N) is 3. The largest absolute Gasteiger partial charge is 0.331 e. The highest BCUT2D eigenvalue weighted by molar-refractivity contribution is 8.00. The Kier molecular flexibility index (Phi) is 5.45. The number of hydrogen-bond donors (Lipinski definition) is 1. The van der Waals surface area contributed by atoms with E-state index in [0.717, 1.165) is 24.7 Å². The van der Waals surface area contributed by atoms with Gasteiger partial charge in [0.25, 0.3) is 0 Å². The summed E-state index contributed by atoms with van der Waals surface area (Å²) >= 11 is 1.93. The Labute approximate surface area is 147 Å². The van der Waals surface area contributed by atoms with Crippen LogP contribution >= 0.6 is 11.8 Å². The molecule has 6 heteroatoms. The van der Waals surface area contributed by atoms with Crippen LogP contribution in [0.2, 0.25) is 0 Å². The summed E-state index contributed by atoms with van der Waals surface area (Å²) in [5, 5.41) is 3.50. The monoisotopic (exact) mass is 344 g/mol. The zero-order chi connectivity index (χ0) is 16.9. The van der Waals surface area contributed by atoms with Crippen LogP contribution in [-0.4, -0.2) is 44.1 Å². The predicted molar refractivity (Wildman–Crippen MR) is 98.1 cm³/mol. The molecule has 1 saturated heterocycles. The molecule has 128 valence electrons. The van der Waals surface area contributed by atoms with E-state index in [9.17, 15) is 4.79 Å². The molecule has 3 rings (SSSR count). The summed E-state index contributed by atoms with van der Waals surface area (Å²) in [5.41, 5.74) is 1.22. The predicted octanol–water partition coefficient (Wildman–Crippen LogP) is 2.97. The van der Waals surface area contributed by atoms with Crippen molar-refractivity contribution in [3.05, 3.63) is 54.1 Å². The highest BCUT2D eigenvalue weighted by atomic mass is 32.2. The number of carbonyl (C=O) groups is 1. The molecule has 0 spiro atoms. The fraction of sp³-hybridized carbons (Fsp3) is 0.444. The van der Waals surface area contributed by atoms with Gasteiger partial charge < -0.3 is 14.8 Å². The van der Waals surface area contributed by atoms with Crippen LogP contribution in [0.1, 0.15) is 25.2 Å². The van der Waals surface area contributed by atoms with E-state index in [0.29, 0.717) is 11.8 Å². The van der Waals surface area contributed by atoms with E-state index in [1.54, 1.807) is 6.20 Å². The van der Waals surface area contributed by atoms with Crippen molar-refractivity contribution in [1.82, 2.24) is 19.8 Å². The molecule has 0 radical (unpaired) electrons. The quantitative estimate of drug-likeness (QED) is 0.928. The summed E-state index contributed by atoms with van der Waals surface area (Å²) in [7, 11) is 0. The van der Waals surface area contributed by atoms with Gasteiger partial charge in [-0.2, -0.15) is 11.8 Å². The van der Waals surface area contributed by atoms with Crippen molar-refractivity contribution in [2.75, 3.05) is 12.3 Å². The lowest BCUT2D eigenvalue weighted by atomic mass is 10.2. The number of benzene rings is 1. The summed E-state index contributed by atoms with van der Waals surface area (Å²) in [4.78, 5) is 18.8. The molecule has 2 heterocycles. The van der Waals surface area contributed by atoms with Crippen LogP contribution in [0.15, 0.2) is 42.7 Å². The number of urea groups is 1. The maximum Gasteiger partial charge on any atom is 0.318 e. The fourth-order valence-corrected chi connectivity index (χ4v) is 4.01. The van der Waals surface area contributed by atoms with Gasteiger partial charge in [-0.25, -0.2) is 9.78 Å². The lowest BCUT2D eigenvalue weighted by Crippen LogP contribution is -2.51. The van der Waals surface area contributed by atoms with Crippen LogP contribution in [0.4, 0.5) is 4.79 Å². The maximum atomic E-state index is 12.5. The Morgan fingerprint density at radius 3 is 2.92 bits per heavy atom. The van der Waals surface area contributed by atoms with Gasteiger partial charge in [-0.05, 0) is 12.5 Å². The Morgan fingerprint density at radius 1 is 1.33 bits per heavy atom. The molecule has 1 aromatic carbocycles. The third kappa shape index (κ3) is 3.93. The van der Waals surface area contributed by atoms with Crippen LogP contribution < -0.4 is 5.32 Å². The summed E-state index contributed by atoms with van der Waals surface area (Å²) in [6.45, 7) is 6.32. The summed E-state index contributed by atoms with van der Waals surface area (Å²) in [6, 6.07) is 10.5. The van der Waals surface area contributed by atoms with Gasteiger partial charge in [-0.1, -0.05) is 37.3 Å². The molecule has 2 aromatic rings. The van der Waals surface area contributed by atoms with Crippen molar-refractivity contribution in [2.45, 2.75) is 38.2 Å². The molecule has 1 aliphatic heterocycles. The second-order valence-corrected chi connectivity index (χ2v) is 7.61. The highest BCUT2D eigenvalue weighted by Crippen LogP contribution is 2.24. The van der Waals surface area contributed by atoms with E-state index in [2.05, 4.69) is 40.8 Å². The van der Waals surface area contributed by atoms with Gasteiger partial charge in [-0.15, -0.1) is 0 Å². The van der Waals surface area contributed by atoms with Gasteiger partial charge in [0.15, 0.2) is 0 Å². The van der Waals surface area contributed by atoms with Crippen molar-refractivity contribution in [3.8, 4) is 0 Å². The summed E-state index contributed by atoms with van der Waals surface area (Å²) in [5.74, 6) is 1.88. The minimum absolute atomic E-state index is 0.00362. The average Bonchev–Trinajstić information content (AvgIpc) is 3.03. The van der Waals surface area contributed by atoms with Crippen LogP contribution in [0, 0.1) is 0 Å². The topological polar surface area (TPSA) is 50.2 Å². The van der Waals surface area contributed by atoms with E-state index < -0.39 is 0 Å². The van der Waals surface area contributed by atoms with Crippen molar-refractivity contribution in [1.29, 1.82) is 0 Å². The van der Waals surface area contributed by atoms with Crippen molar-refractivity contribution in [2.24, 2.45) is 0 Å². The lowest BCUT2D eigenvalue weighted by Gasteiger charge is -2.37. The molecule has 2 amide bonds. The zero-order valence-electron chi connectivity index (χ0n) is 14.2. The van der Waals surface area contributed by atoms with Gasteiger partial charge in [0.05, 0.1) is 6.54 Å². The Bertz CT molecular complexity index is 673. The van der Waals surface area contributed by atoms with E-state index in [4.69, 9.17) is 0 Å². The molecule has 1 aliphatic rings. The molecule has 2 atom stereocenters. The first kappa shape index (κ1) is 16.9. The lowest BCUT2D eigenvalue weighted by molar-refractivity contribution is 0.179. The average molecular weight is 344 g/mol. The second kappa shape index (κ2) is 7.75. The highest BCUT2D eigenvalue weighted by Gasteiger charge is 2.28. The first-order valence-corrected chi connectivity index (χ1v) is 9.40. The standard InChI is InChI=1S/C18H24N4OS/c1-14-15(2)24-11-10-22(14)18(23)20-12-17-19-8-9-21(17)13-16-6-4-3-5-7-16/h3-9,14-15H,10-13H2,1-2H3,(H,20,23)/t14-,15-/m1/s1. The van der Waals surface area contributed by atoms with E-state index in [-0.39, 0.29) is 12.1 Å². The van der Waals surface area contributed by atoms with Crippen molar-refractivity contribution in [3.63, 3.8) is 0 Å². The van der Waals surface area contributed by atoms with Gasteiger partial charge in [0, 0.05) is 42.5 Å².